The lowest BCUT2D eigenvalue weighted by atomic mass is 10.0. The van der Waals surface area contributed by atoms with Gasteiger partial charge in [-0.3, -0.25) is 0 Å². The number of hydrogen-bond donors (Lipinski definition) is 0. The number of nitrogens with zero attached hydrogens (tertiary/aromatic N) is 2. The minimum absolute atomic E-state index is 0.915. The molecule has 0 bridgehead atoms. The van der Waals surface area contributed by atoms with Gasteiger partial charge in [0.25, 0.3) is 0 Å². The Morgan fingerprint density at radius 1 is 0.867 bits per heavy atom. The van der Waals surface area contributed by atoms with E-state index < -0.39 is 0 Å². The van der Waals surface area contributed by atoms with E-state index in [0.717, 1.165) is 5.92 Å². The molecule has 1 aliphatic rings. The third-order valence-electron chi connectivity index (χ3n) is 3.80. The fraction of sp³-hybridized carbons (Fsp3) is 1.00. The van der Waals surface area contributed by atoms with E-state index in [-0.39, 0.29) is 0 Å². The summed E-state index contributed by atoms with van der Waals surface area (Å²) in [6.45, 7) is 14.6. The van der Waals surface area contributed by atoms with E-state index in [9.17, 15) is 0 Å². The van der Waals surface area contributed by atoms with Crippen LogP contribution < -0.4 is 0 Å². The van der Waals surface area contributed by atoms with Crippen molar-refractivity contribution in [2.75, 3.05) is 39.3 Å². The van der Waals surface area contributed by atoms with Gasteiger partial charge in [-0.15, -0.1) is 0 Å². The molecule has 15 heavy (non-hydrogen) atoms. The molecule has 1 heterocycles. The molecular weight excluding hydrogens is 184 g/mol. The average molecular weight is 212 g/mol. The third-order valence-corrected chi connectivity index (χ3v) is 3.80. The van der Waals surface area contributed by atoms with Crippen molar-refractivity contribution >= 4 is 0 Å². The van der Waals surface area contributed by atoms with Gasteiger partial charge in [-0.05, 0) is 32.0 Å². The Balaban J connectivity index is 2.30. The Morgan fingerprint density at radius 2 is 1.47 bits per heavy atom. The van der Waals surface area contributed by atoms with Crippen LogP contribution in [0.5, 0.6) is 0 Å². The largest absolute Gasteiger partial charge is 0.302 e. The Bertz CT molecular complexity index is 155. The van der Waals surface area contributed by atoms with Gasteiger partial charge in [0.1, 0.15) is 0 Å². The van der Waals surface area contributed by atoms with Gasteiger partial charge < -0.3 is 9.80 Å². The second-order valence-electron chi connectivity index (χ2n) is 4.77. The van der Waals surface area contributed by atoms with Gasteiger partial charge in [0.2, 0.25) is 0 Å². The summed E-state index contributed by atoms with van der Waals surface area (Å²) in [6, 6.07) is 0. The molecule has 0 saturated carbocycles. The highest BCUT2D eigenvalue weighted by atomic mass is 15.2. The zero-order chi connectivity index (χ0) is 11.1. The lowest BCUT2D eigenvalue weighted by Crippen LogP contribution is -2.33. The summed E-state index contributed by atoms with van der Waals surface area (Å²) in [7, 11) is 0. The average Bonchev–Trinajstić information content (AvgIpc) is 2.50. The summed E-state index contributed by atoms with van der Waals surface area (Å²) >= 11 is 0. The molecule has 0 atom stereocenters. The van der Waals surface area contributed by atoms with Crippen molar-refractivity contribution in [3.63, 3.8) is 0 Å². The van der Waals surface area contributed by atoms with Crippen molar-refractivity contribution in [2.24, 2.45) is 5.92 Å². The first-order chi connectivity index (χ1) is 7.30. The SMILES string of the molecule is CCC(CC)CN1CCCN(CC)CC1. The van der Waals surface area contributed by atoms with E-state index in [2.05, 4.69) is 30.6 Å². The fourth-order valence-corrected chi connectivity index (χ4v) is 2.44. The van der Waals surface area contributed by atoms with Crippen molar-refractivity contribution in [3.05, 3.63) is 0 Å². The molecule has 1 saturated heterocycles. The molecule has 0 aliphatic carbocycles. The van der Waals surface area contributed by atoms with E-state index in [1.807, 2.05) is 0 Å². The Morgan fingerprint density at radius 3 is 2.07 bits per heavy atom. The van der Waals surface area contributed by atoms with Crippen molar-refractivity contribution in [1.82, 2.24) is 9.80 Å². The van der Waals surface area contributed by atoms with Crippen LogP contribution in [0.4, 0.5) is 0 Å². The van der Waals surface area contributed by atoms with Gasteiger partial charge in [0.05, 0.1) is 0 Å². The highest BCUT2D eigenvalue weighted by molar-refractivity contribution is 4.71. The van der Waals surface area contributed by atoms with Crippen LogP contribution in [0, 0.1) is 5.92 Å². The van der Waals surface area contributed by atoms with Crippen LogP contribution in [-0.2, 0) is 0 Å². The maximum absolute atomic E-state index is 2.67. The van der Waals surface area contributed by atoms with Crippen LogP contribution in [0.2, 0.25) is 0 Å². The molecule has 0 radical (unpaired) electrons. The summed E-state index contributed by atoms with van der Waals surface area (Å²) < 4.78 is 0. The summed E-state index contributed by atoms with van der Waals surface area (Å²) in [6.07, 6.45) is 4.03. The molecule has 0 aromatic carbocycles. The highest BCUT2D eigenvalue weighted by Crippen LogP contribution is 2.12. The summed E-state index contributed by atoms with van der Waals surface area (Å²) in [5.74, 6) is 0.915. The number of likely N-dealkylation sites (N-methyl/N-ethyl adjacent to an activating group) is 1. The summed E-state index contributed by atoms with van der Waals surface area (Å²) in [5, 5.41) is 0. The predicted molar refractivity (Wildman–Crippen MR) is 67.2 cm³/mol. The van der Waals surface area contributed by atoms with Gasteiger partial charge in [0, 0.05) is 19.6 Å². The molecule has 0 unspecified atom stereocenters. The predicted octanol–water partition coefficient (Wildman–Crippen LogP) is 2.45. The normalized spacial score (nSPS) is 20.8. The van der Waals surface area contributed by atoms with Crippen LogP contribution in [-0.4, -0.2) is 49.1 Å². The van der Waals surface area contributed by atoms with Crippen molar-refractivity contribution in [2.45, 2.75) is 40.0 Å². The molecule has 0 N–H and O–H groups in total. The Labute approximate surface area is 95.6 Å². The van der Waals surface area contributed by atoms with E-state index >= 15 is 0 Å². The van der Waals surface area contributed by atoms with Crippen molar-refractivity contribution in [1.29, 1.82) is 0 Å². The van der Waals surface area contributed by atoms with Gasteiger partial charge in [-0.1, -0.05) is 33.6 Å². The van der Waals surface area contributed by atoms with Gasteiger partial charge in [-0.2, -0.15) is 0 Å². The zero-order valence-electron chi connectivity index (χ0n) is 10.8. The van der Waals surface area contributed by atoms with E-state index in [1.54, 1.807) is 0 Å². The van der Waals surface area contributed by atoms with Gasteiger partial charge in [-0.25, -0.2) is 0 Å². The van der Waals surface area contributed by atoms with Crippen LogP contribution >= 0.6 is 0 Å². The maximum atomic E-state index is 2.67. The lowest BCUT2D eigenvalue weighted by Gasteiger charge is -2.25. The standard InChI is InChI=1S/C13H28N2/c1-4-13(5-2)12-15-9-7-8-14(6-3)10-11-15/h13H,4-12H2,1-3H3. The quantitative estimate of drug-likeness (QED) is 0.691. The van der Waals surface area contributed by atoms with Crippen LogP contribution in [0.3, 0.4) is 0 Å². The monoisotopic (exact) mass is 212 g/mol. The molecule has 90 valence electrons. The molecule has 2 nitrogen and oxygen atoms in total. The molecule has 1 aliphatic heterocycles. The third kappa shape index (κ3) is 4.52. The van der Waals surface area contributed by atoms with Crippen LogP contribution in [0.15, 0.2) is 0 Å². The van der Waals surface area contributed by atoms with Crippen molar-refractivity contribution < 1.29 is 0 Å². The molecular formula is C13H28N2. The first-order valence-electron chi connectivity index (χ1n) is 6.74. The van der Waals surface area contributed by atoms with Crippen LogP contribution in [0.25, 0.3) is 0 Å². The lowest BCUT2D eigenvalue weighted by molar-refractivity contribution is 0.224. The molecule has 0 aromatic heterocycles. The molecule has 0 amide bonds. The summed E-state index contributed by atoms with van der Waals surface area (Å²) in [4.78, 5) is 5.25. The molecule has 2 heteroatoms. The molecule has 1 rings (SSSR count). The van der Waals surface area contributed by atoms with Gasteiger partial charge in [0.15, 0.2) is 0 Å². The van der Waals surface area contributed by atoms with Crippen molar-refractivity contribution in [3.8, 4) is 0 Å². The van der Waals surface area contributed by atoms with Crippen LogP contribution in [0.1, 0.15) is 40.0 Å². The smallest absolute Gasteiger partial charge is 0.0109 e. The Kier molecular flexibility index (Phi) is 6.26. The maximum Gasteiger partial charge on any atom is 0.0109 e. The number of hydrogen-bond acceptors (Lipinski definition) is 2. The van der Waals surface area contributed by atoms with Gasteiger partial charge >= 0.3 is 0 Å². The molecule has 0 aromatic rings. The molecule has 0 spiro atoms. The molecule has 1 fully saturated rings. The second-order valence-corrected chi connectivity index (χ2v) is 4.77. The zero-order valence-corrected chi connectivity index (χ0v) is 10.8. The topological polar surface area (TPSA) is 6.48 Å². The second kappa shape index (κ2) is 7.24. The minimum Gasteiger partial charge on any atom is -0.302 e. The minimum atomic E-state index is 0.915. The van der Waals surface area contributed by atoms with E-state index in [4.69, 9.17) is 0 Å². The first kappa shape index (κ1) is 13.0. The number of rotatable bonds is 5. The first-order valence-corrected chi connectivity index (χ1v) is 6.74. The van der Waals surface area contributed by atoms with E-state index in [1.165, 1.54) is 58.5 Å². The highest BCUT2D eigenvalue weighted by Gasteiger charge is 2.15. The Hall–Kier alpha value is -0.0800. The fourth-order valence-electron chi connectivity index (χ4n) is 2.44. The van der Waals surface area contributed by atoms with E-state index in [0.29, 0.717) is 0 Å². The summed E-state index contributed by atoms with van der Waals surface area (Å²) in [5.41, 5.74) is 0.